The molecule has 0 aliphatic rings. The summed E-state index contributed by atoms with van der Waals surface area (Å²) in [5.41, 5.74) is 7.84. The summed E-state index contributed by atoms with van der Waals surface area (Å²) >= 11 is 0. The molecule has 0 aliphatic carbocycles. The molecule has 6 heteroatoms. The summed E-state index contributed by atoms with van der Waals surface area (Å²) in [4.78, 5) is 6.27. The Morgan fingerprint density at radius 1 is 1.14 bits per heavy atom. The molecule has 1 aromatic carbocycles. The average Bonchev–Trinajstić information content (AvgIpc) is 2.47. The van der Waals surface area contributed by atoms with Crippen LogP contribution in [0.3, 0.4) is 0 Å². The monoisotopic (exact) mass is 305 g/mol. The van der Waals surface area contributed by atoms with Gasteiger partial charge < -0.3 is 10.6 Å². The first-order valence-electron chi connectivity index (χ1n) is 6.56. The highest BCUT2D eigenvalue weighted by Gasteiger charge is 2.17. The fraction of sp³-hybridized carbons (Fsp3) is 0.267. The molecule has 112 valence electrons. The SMILES string of the molecule is CN(Cc1ccccc1CN)c1ncccc1S(C)(=O)=O. The summed E-state index contributed by atoms with van der Waals surface area (Å²) in [6, 6.07) is 11.0. The van der Waals surface area contributed by atoms with Gasteiger partial charge in [0.15, 0.2) is 9.84 Å². The molecule has 2 N–H and O–H groups in total. The van der Waals surface area contributed by atoms with Crippen molar-refractivity contribution in [2.75, 3.05) is 18.2 Å². The van der Waals surface area contributed by atoms with Gasteiger partial charge in [-0.3, -0.25) is 0 Å². The third kappa shape index (κ3) is 3.59. The lowest BCUT2D eigenvalue weighted by molar-refractivity contribution is 0.601. The number of aromatic nitrogens is 1. The van der Waals surface area contributed by atoms with Crippen LogP contribution in [0, 0.1) is 0 Å². The maximum absolute atomic E-state index is 11.8. The minimum Gasteiger partial charge on any atom is -0.354 e. The van der Waals surface area contributed by atoms with Crippen molar-refractivity contribution >= 4 is 15.7 Å². The van der Waals surface area contributed by atoms with Crippen molar-refractivity contribution in [3.8, 4) is 0 Å². The van der Waals surface area contributed by atoms with Crippen LogP contribution in [0.2, 0.25) is 0 Å². The van der Waals surface area contributed by atoms with Gasteiger partial charge in [0.2, 0.25) is 0 Å². The molecule has 2 aromatic rings. The standard InChI is InChI=1S/C15H19N3O2S/c1-18(11-13-7-4-3-6-12(13)10-16)15-14(21(2,19)20)8-5-9-17-15/h3-9H,10-11,16H2,1-2H3. The van der Waals surface area contributed by atoms with Crippen molar-refractivity contribution < 1.29 is 8.42 Å². The Balaban J connectivity index is 2.36. The van der Waals surface area contributed by atoms with E-state index in [0.29, 0.717) is 18.9 Å². The van der Waals surface area contributed by atoms with Gasteiger partial charge in [-0.1, -0.05) is 24.3 Å². The zero-order chi connectivity index (χ0) is 15.5. The molecule has 5 nitrogen and oxygen atoms in total. The highest BCUT2D eigenvalue weighted by molar-refractivity contribution is 7.90. The van der Waals surface area contributed by atoms with Crippen molar-refractivity contribution in [3.63, 3.8) is 0 Å². The van der Waals surface area contributed by atoms with Gasteiger partial charge in [-0.25, -0.2) is 13.4 Å². The summed E-state index contributed by atoms with van der Waals surface area (Å²) in [6.45, 7) is 0.998. The second-order valence-electron chi connectivity index (χ2n) is 4.93. The number of nitrogens with zero attached hydrogens (tertiary/aromatic N) is 2. The zero-order valence-electron chi connectivity index (χ0n) is 12.2. The molecular weight excluding hydrogens is 286 g/mol. The molecule has 0 unspecified atom stereocenters. The number of pyridine rings is 1. The van der Waals surface area contributed by atoms with Gasteiger partial charge >= 0.3 is 0 Å². The minimum atomic E-state index is -3.32. The molecule has 0 saturated heterocycles. The predicted octanol–water partition coefficient (Wildman–Crippen LogP) is 1.58. The topological polar surface area (TPSA) is 76.3 Å². The summed E-state index contributed by atoms with van der Waals surface area (Å²) in [5.74, 6) is 0.451. The van der Waals surface area contributed by atoms with Gasteiger partial charge in [-0.05, 0) is 23.3 Å². The maximum atomic E-state index is 11.8. The van der Waals surface area contributed by atoms with E-state index in [1.54, 1.807) is 18.3 Å². The molecule has 0 bridgehead atoms. The summed E-state index contributed by atoms with van der Waals surface area (Å²) < 4.78 is 23.7. The minimum absolute atomic E-state index is 0.234. The summed E-state index contributed by atoms with van der Waals surface area (Å²) in [7, 11) is -1.49. The van der Waals surface area contributed by atoms with Gasteiger partial charge in [-0.15, -0.1) is 0 Å². The van der Waals surface area contributed by atoms with Gasteiger partial charge in [0.25, 0.3) is 0 Å². The molecule has 0 spiro atoms. The molecule has 1 heterocycles. The number of benzene rings is 1. The van der Waals surface area contributed by atoms with Crippen LogP contribution in [-0.4, -0.2) is 26.7 Å². The molecule has 0 atom stereocenters. The van der Waals surface area contributed by atoms with E-state index in [9.17, 15) is 8.42 Å². The predicted molar refractivity (Wildman–Crippen MR) is 83.8 cm³/mol. The number of sulfone groups is 1. The third-order valence-electron chi connectivity index (χ3n) is 3.26. The van der Waals surface area contributed by atoms with Gasteiger partial charge in [0, 0.05) is 32.6 Å². The number of anilines is 1. The molecule has 21 heavy (non-hydrogen) atoms. The van der Waals surface area contributed by atoms with Crippen LogP contribution in [0.4, 0.5) is 5.82 Å². The maximum Gasteiger partial charge on any atom is 0.179 e. The zero-order valence-corrected chi connectivity index (χ0v) is 13.0. The summed E-state index contributed by atoms with van der Waals surface area (Å²) in [5, 5.41) is 0. The average molecular weight is 305 g/mol. The quantitative estimate of drug-likeness (QED) is 0.907. The van der Waals surface area contributed by atoms with E-state index in [-0.39, 0.29) is 4.90 Å². The lowest BCUT2D eigenvalue weighted by Gasteiger charge is -2.21. The molecule has 1 aromatic heterocycles. The second-order valence-corrected chi connectivity index (χ2v) is 6.91. The van der Waals surface area contributed by atoms with Crippen LogP contribution in [0.25, 0.3) is 0 Å². The number of nitrogens with two attached hydrogens (primary N) is 1. The van der Waals surface area contributed by atoms with E-state index in [4.69, 9.17) is 5.73 Å². The molecule has 0 aliphatic heterocycles. The fourth-order valence-corrected chi connectivity index (χ4v) is 3.07. The molecule has 0 radical (unpaired) electrons. The van der Waals surface area contributed by atoms with Crippen LogP contribution in [-0.2, 0) is 22.9 Å². The van der Waals surface area contributed by atoms with Crippen molar-refractivity contribution in [2.45, 2.75) is 18.0 Å². The highest BCUT2D eigenvalue weighted by atomic mass is 32.2. The van der Waals surface area contributed by atoms with E-state index >= 15 is 0 Å². The fourth-order valence-electron chi connectivity index (χ4n) is 2.20. The smallest absolute Gasteiger partial charge is 0.179 e. The Bertz CT molecular complexity index is 729. The molecule has 0 amide bonds. The summed E-state index contributed by atoms with van der Waals surface area (Å²) in [6.07, 6.45) is 2.78. The molecule has 0 fully saturated rings. The van der Waals surface area contributed by atoms with E-state index < -0.39 is 9.84 Å². The first-order chi connectivity index (χ1) is 9.93. The Morgan fingerprint density at radius 2 is 1.81 bits per heavy atom. The lowest BCUT2D eigenvalue weighted by atomic mass is 10.1. The largest absolute Gasteiger partial charge is 0.354 e. The highest BCUT2D eigenvalue weighted by Crippen LogP contribution is 2.23. The van der Waals surface area contributed by atoms with Crippen molar-refractivity contribution in [2.24, 2.45) is 5.73 Å². The van der Waals surface area contributed by atoms with E-state index in [1.165, 1.54) is 6.26 Å². The van der Waals surface area contributed by atoms with Gasteiger partial charge in [0.1, 0.15) is 10.7 Å². The Kier molecular flexibility index (Phi) is 4.59. The third-order valence-corrected chi connectivity index (χ3v) is 4.38. The van der Waals surface area contributed by atoms with Crippen molar-refractivity contribution in [1.82, 2.24) is 4.98 Å². The van der Waals surface area contributed by atoms with Gasteiger partial charge in [0.05, 0.1) is 0 Å². The molecular formula is C15H19N3O2S. The van der Waals surface area contributed by atoms with Gasteiger partial charge in [-0.2, -0.15) is 0 Å². The number of hydrogen-bond acceptors (Lipinski definition) is 5. The normalized spacial score (nSPS) is 11.4. The van der Waals surface area contributed by atoms with Crippen LogP contribution >= 0.6 is 0 Å². The molecule has 2 rings (SSSR count). The van der Waals surface area contributed by atoms with Crippen LogP contribution in [0.5, 0.6) is 0 Å². The molecule has 0 saturated carbocycles. The first kappa shape index (κ1) is 15.5. The van der Waals surface area contributed by atoms with E-state index in [0.717, 1.165) is 11.1 Å². The Morgan fingerprint density at radius 3 is 2.43 bits per heavy atom. The number of rotatable bonds is 5. The Labute approximate surface area is 125 Å². The van der Waals surface area contributed by atoms with Crippen LogP contribution in [0.1, 0.15) is 11.1 Å². The second kappa shape index (κ2) is 6.24. The van der Waals surface area contributed by atoms with E-state index in [1.807, 2.05) is 36.2 Å². The number of hydrogen-bond donors (Lipinski definition) is 1. The Hall–Kier alpha value is -1.92. The van der Waals surface area contributed by atoms with E-state index in [2.05, 4.69) is 4.98 Å². The van der Waals surface area contributed by atoms with Crippen LogP contribution < -0.4 is 10.6 Å². The first-order valence-corrected chi connectivity index (χ1v) is 8.45. The van der Waals surface area contributed by atoms with Crippen molar-refractivity contribution in [1.29, 1.82) is 0 Å². The van der Waals surface area contributed by atoms with Crippen LogP contribution in [0.15, 0.2) is 47.5 Å². The lowest BCUT2D eigenvalue weighted by Crippen LogP contribution is -2.21. The van der Waals surface area contributed by atoms with Crippen molar-refractivity contribution in [3.05, 3.63) is 53.7 Å².